The maximum Gasteiger partial charge on any atom is 0.359 e. The van der Waals surface area contributed by atoms with E-state index in [-0.39, 0.29) is 24.8 Å². The highest BCUT2D eigenvalue weighted by molar-refractivity contribution is 7.54. The lowest BCUT2D eigenvalue weighted by Gasteiger charge is -2.37. The van der Waals surface area contributed by atoms with Gasteiger partial charge in [0, 0.05) is 12.6 Å². The molecule has 0 aliphatic carbocycles. The van der Waals surface area contributed by atoms with Crippen LogP contribution in [0.2, 0.25) is 0 Å². The number of aromatic amines is 1. The number of nitrogens with zero attached hydrogens (tertiary/aromatic N) is 2. The molecule has 1 fully saturated rings. The first kappa shape index (κ1) is 25.9. The zero-order valence-electron chi connectivity index (χ0n) is 19.3. The Hall–Kier alpha value is -1.72. The molecule has 2 aromatic heterocycles. The molecule has 3 rings (SSSR count). The molecule has 7 atom stereocenters. The predicted molar refractivity (Wildman–Crippen MR) is 120 cm³/mol. The van der Waals surface area contributed by atoms with Crippen LogP contribution in [0.3, 0.4) is 0 Å². The summed E-state index contributed by atoms with van der Waals surface area (Å²) >= 11 is 0. The van der Waals surface area contributed by atoms with Crippen LogP contribution < -0.4 is 5.56 Å². The number of aliphatic hydroxyl groups excluding tert-OH is 2. The highest BCUT2D eigenvalue weighted by atomic mass is 31.2. The molecule has 7 unspecified atom stereocenters. The molecule has 184 valence electrons. The fourth-order valence-corrected chi connectivity index (χ4v) is 5.13. The first-order valence-electron chi connectivity index (χ1n) is 10.9. The smallest absolute Gasteiger partial charge is 0.359 e. The number of ether oxygens (including phenoxy) is 1. The van der Waals surface area contributed by atoms with Crippen molar-refractivity contribution in [3.63, 3.8) is 0 Å². The molecule has 11 nitrogen and oxygen atoms in total. The molecule has 0 radical (unpaired) electrons. The molecule has 1 aliphatic heterocycles. The number of hydrogen-bond acceptors (Lipinski definition) is 9. The second kappa shape index (κ2) is 9.14. The molecule has 0 aromatic carbocycles. The maximum atomic E-state index is 12.7. The van der Waals surface area contributed by atoms with Gasteiger partial charge in [0.05, 0.1) is 23.0 Å². The number of fused-ring (bicyclic) bond motifs is 1. The van der Waals surface area contributed by atoms with Gasteiger partial charge in [-0.25, -0.2) is 4.98 Å². The van der Waals surface area contributed by atoms with Crippen molar-refractivity contribution >= 4 is 18.8 Å². The van der Waals surface area contributed by atoms with Crippen molar-refractivity contribution in [3.8, 4) is 0 Å². The Morgan fingerprint density at radius 1 is 1.24 bits per heavy atom. The fourth-order valence-electron chi connectivity index (χ4n) is 3.73. The molecule has 0 bridgehead atoms. The molecule has 5 N–H and O–H groups in total. The quantitative estimate of drug-likeness (QED) is 0.346. The molecular weight excluding hydrogens is 453 g/mol. The van der Waals surface area contributed by atoms with Gasteiger partial charge in [-0.1, -0.05) is 13.8 Å². The van der Waals surface area contributed by atoms with Gasteiger partial charge in [0.25, 0.3) is 5.56 Å². The van der Waals surface area contributed by atoms with Gasteiger partial charge in [-0.2, -0.15) is 0 Å². The van der Waals surface area contributed by atoms with Crippen molar-refractivity contribution < 1.29 is 34.0 Å². The molecule has 0 saturated carbocycles. The van der Waals surface area contributed by atoms with Crippen molar-refractivity contribution in [2.24, 2.45) is 0 Å². The Morgan fingerprint density at radius 3 is 2.52 bits per heavy atom. The minimum Gasteiger partial charge on any atom is -0.388 e. The van der Waals surface area contributed by atoms with E-state index in [2.05, 4.69) is 15.0 Å². The van der Waals surface area contributed by atoms with Gasteiger partial charge in [-0.3, -0.25) is 14.3 Å². The predicted octanol–water partition coefficient (Wildman–Crippen LogP) is 1.67. The van der Waals surface area contributed by atoms with Crippen LogP contribution in [0.5, 0.6) is 0 Å². The minimum atomic E-state index is -4.45. The van der Waals surface area contributed by atoms with Crippen LogP contribution in [0.15, 0.2) is 17.1 Å². The Bertz CT molecular complexity index is 1120. The Morgan fingerprint density at radius 2 is 1.91 bits per heavy atom. The summed E-state index contributed by atoms with van der Waals surface area (Å²) in [6.07, 6.45) is -3.22. The number of aliphatic hydroxyl groups is 3. The van der Waals surface area contributed by atoms with Gasteiger partial charge >= 0.3 is 7.60 Å². The molecule has 33 heavy (non-hydrogen) atoms. The van der Waals surface area contributed by atoms with E-state index >= 15 is 0 Å². The third kappa shape index (κ3) is 5.05. The van der Waals surface area contributed by atoms with Crippen LogP contribution in [-0.2, 0) is 13.8 Å². The second-order valence-corrected chi connectivity index (χ2v) is 11.3. The largest absolute Gasteiger partial charge is 0.388 e. The number of rotatable bonds is 8. The summed E-state index contributed by atoms with van der Waals surface area (Å²) in [5.74, 6) is 0. The molecule has 12 heteroatoms. The minimum absolute atomic E-state index is 0.00291. The average molecular weight is 485 g/mol. The van der Waals surface area contributed by atoms with Crippen molar-refractivity contribution in [3.05, 3.63) is 33.9 Å². The average Bonchev–Trinajstić information content (AvgIpc) is 3.00. The lowest BCUT2D eigenvalue weighted by Crippen LogP contribution is -2.40. The van der Waals surface area contributed by atoms with Gasteiger partial charge in [0.15, 0.2) is 11.0 Å². The van der Waals surface area contributed by atoms with E-state index in [1.807, 2.05) is 0 Å². The molecule has 3 heterocycles. The lowest BCUT2D eigenvalue weighted by atomic mass is 9.92. The van der Waals surface area contributed by atoms with E-state index < -0.39 is 48.5 Å². The van der Waals surface area contributed by atoms with Gasteiger partial charge in [0.1, 0.15) is 23.8 Å². The highest BCUT2D eigenvalue weighted by Crippen LogP contribution is 2.59. The summed E-state index contributed by atoms with van der Waals surface area (Å²) in [6, 6.07) is 1.46. The van der Waals surface area contributed by atoms with Crippen LogP contribution in [0.4, 0.5) is 0 Å². The Labute approximate surface area is 191 Å². The first-order chi connectivity index (χ1) is 15.2. The van der Waals surface area contributed by atoms with E-state index in [1.165, 1.54) is 19.2 Å². The van der Waals surface area contributed by atoms with Crippen molar-refractivity contribution in [2.75, 3.05) is 0 Å². The highest BCUT2D eigenvalue weighted by Gasteiger charge is 2.50. The topological polar surface area (TPSA) is 175 Å². The van der Waals surface area contributed by atoms with E-state index in [0.29, 0.717) is 16.9 Å². The third-order valence-electron chi connectivity index (χ3n) is 6.38. The van der Waals surface area contributed by atoms with Crippen molar-refractivity contribution in [1.82, 2.24) is 15.0 Å². The number of nitrogens with one attached hydrogen (secondary N) is 1. The number of aromatic nitrogens is 3. The van der Waals surface area contributed by atoms with Gasteiger partial charge < -0.3 is 34.5 Å². The van der Waals surface area contributed by atoms with E-state index in [1.54, 1.807) is 27.7 Å². The van der Waals surface area contributed by atoms with Crippen LogP contribution in [0, 0.1) is 6.92 Å². The fraction of sp³-hybridized carbons (Fsp3) is 0.667. The monoisotopic (exact) mass is 485 g/mol. The molecule has 0 amide bonds. The standard InChI is InChI=1S/C21H32N3O8P/c1-6-20(4,32-33(29,30)21(5,28)7-2)9-14-15(25)16(26)17(31-14)12-8-13-18(24-19(12)27)23-11(3)10-22-13/h8,10,14-17,25-26,28H,6-7,9H2,1-5H3,(H,29,30)(H,23,24,27). The summed E-state index contributed by atoms with van der Waals surface area (Å²) in [7, 11) is -4.45. The number of pyridine rings is 1. The second-order valence-electron chi connectivity index (χ2n) is 9.07. The Kier molecular flexibility index (Phi) is 7.18. The SMILES string of the molecule is CCC(C)(CC1OC(c2cc3ncc(C)nc3[nH]c2=O)C(O)C1O)OP(=O)(O)C(C)(O)CC. The van der Waals surface area contributed by atoms with Gasteiger partial charge in [-0.05, 0) is 39.7 Å². The normalized spacial score (nSPS) is 28.9. The summed E-state index contributed by atoms with van der Waals surface area (Å²) in [5.41, 5.74) is -0.401. The van der Waals surface area contributed by atoms with Crippen molar-refractivity contribution in [2.45, 2.75) is 89.2 Å². The maximum absolute atomic E-state index is 12.7. The molecule has 2 aromatic rings. The van der Waals surface area contributed by atoms with Gasteiger partial charge in [-0.15, -0.1) is 0 Å². The summed E-state index contributed by atoms with van der Waals surface area (Å²) in [6.45, 7) is 7.82. The van der Waals surface area contributed by atoms with E-state index in [9.17, 15) is 29.6 Å². The van der Waals surface area contributed by atoms with Crippen molar-refractivity contribution in [1.29, 1.82) is 0 Å². The third-order valence-corrected chi connectivity index (χ3v) is 8.60. The summed E-state index contributed by atoms with van der Waals surface area (Å²) in [5, 5.41) is 29.6. The lowest BCUT2D eigenvalue weighted by molar-refractivity contribution is -0.0532. The van der Waals surface area contributed by atoms with E-state index in [4.69, 9.17) is 9.26 Å². The number of H-pyrrole nitrogens is 1. The summed E-state index contributed by atoms with van der Waals surface area (Å²) in [4.78, 5) is 34.1. The molecule has 1 aliphatic rings. The van der Waals surface area contributed by atoms with Gasteiger partial charge in [0.2, 0.25) is 0 Å². The van der Waals surface area contributed by atoms with E-state index in [0.717, 1.165) is 0 Å². The summed E-state index contributed by atoms with van der Waals surface area (Å²) < 4.78 is 24.1. The number of hydrogen-bond donors (Lipinski definition) is 5. The Balaban J connectivity index is 1.86. The van der Waals surface area contributed by atoms with Crippen LogP contribution in [0.25, 0.3) is 11.2 Å². The zero-order chi connectivity index (χ0) is 24.8. The molecule has 1 saturated heterocycles. The van der Waals surface area contributed by atoms with Crippen LogP contribution in [-0.4, -0.2) is 64.4 Å². The van der Waals surface area contributed by atoms with Crippen LogP contribution >= 0.6 is 7.60 Å². The van der Waals surface area contributed by atoms with Crippen LogP contribution in [0.1, 0.15) is 64.3 Å². The zero-order valence-corrected chi connectivity index (χ0v) is 20.2. The first-order valence-corrected chi connectivity index (χ1v) is 12.5. The molecular formula is C21H32N3O8P. The number of aryl methyl sites for hydroxylation is 1. The molecule has 0 spiro atoms.